The van der Waals surface area contributed by atoms with Gasteiger partial charge in [-0.3, -0.25) is 9.78 Å². The van der Waals surface area contributed by atoms with Gasteiger partial charge in [-0.2, -0.15) is 0 Å². The summed E-state index contributed by atoms with van der Waals surface area (Å²) in [5.74, 6) is -0.176. The highest BCUT2D eigenvalue weighted by molar-refractivity contribution is 6.32. The lowest BCUT2D eigenvalue weighted by Crippen LogP contribution is -2.30. The highest BCUT2D eigenvalue weighted by Gasteiger charge is 2.19. The summed E-state index contributed by atoms with van der Waals surface area (Å²) in [5.41, 5.74) is 1.16. The SMILES string of the molecule is CCN(Cc1ccncc1)C(=O)c1coc(COc2ccc(F)cc2Cl)n1. The van der Waals surface area contributed by atoms with E-state index in [1.54, 1.807) is 17.3 Å². The van der Waals surface area contributed by atoms with E-state index in [9.17, 15) is 9.18 Å². The van der Waals surface area contributed by atoms with Crippen LogP contribution in [0.2, 0.25) is 5.02 Å². The minimum absolute atomic E-state index is 0.0326. The van der Waals surface area contributed by atoms with Crippen LogP contribution < -0.4 is 4.74 Å². The largest absolute Gasteiger partial charge is 0.482 e. The number of ether oxygens (including phenoxy) is 1. The van der Waals surface area contributed by atoms with Gasteiger partial charge in [0.1, 0.15) is 17.8 Å². The molecule has 0 saturated carbocycles. The monoisotopic (exact) mass is 389 g/mol. The third kappa shape index (κ3) is 4.83. The van der Waals surface area contributed by atoms with Crippen LogP contribution in [-0.2, 0) is 13.2 Å². The fourth-order valence-electron chi connectivity index (χ4n) is 2.40. The Bertz CT molecular complexity index is 918. The summed E-state index contributed by atoms with van der Waals surface area (Å²) in [5, 5.41) is 0.146. The number of amides is 1. The van der Waals surface area contributed by atoms with E-state index in [0.29, 0.717) is 18.8 Å². The van der Waals surface area contributed by atoms with Gasteiger partial charge in [0.25, 0.3) is 5.91 Å². The summed E-state index contributed by atoms with van der Waals surface area (Å²) < 4.78 is 23.8. The number of aromatic nitrogens is 2. The Labute approximate surface area is 160 Å². The minimum atomic E-state index is -0.454. The fraction of sp³-hybridized carbons (Fsp3) is 0.211. The molecule has 0 unspecified atom stereocenters. The molecule has 1 amide bonds. The standard InChI is InChI=1S/C19H17ClFN3O3/c1-2-24(10-13-5-7-22-8-6-13)19(25)16-11-27-18(23-16)12-26-17-4-3-14(21)9-15(17)20/h3-9,11H,2,10,12H2,1H3. The number of carbonyl (C=O) groups excluding carboxylic acids is 1. The quantitative estimate of drug-likeness (QED) is 0.608. The Kier molecular flexibility index (Phi) is 6.03. The third-order valence-electron chi connectivity index (χ3n) is 3.81. The number of nitrogens with zero attached hydrogens (tertiary/aromatic N) is 3. The number of oxazole rings is 1. The van der Waals surface area contributed by atoms with Crippen molar-refractivity contribution in [3.05, 3.63) is 77.0 Å². The molecule has 27 heavy (non-hydrogen) atoms. The van der Waals surface area contributed by atoms with E-state index in [2.05, 4.69) is 9.97 Å². The summed E-state index contributed by atoms with van der Waals surface area (Å²) in [6.45, 7) is 2.82. The number of carbonyl (C=O) groups is 1. The third-order valence-corrected chi connectivity index (χ3v) is 4.10. The number of hydrogen-bond acceptors (Lipinski definition) is 5. The van der Waals surface area contributed by atoms with E-state index in [-0.39, 0.29) is 29.1 Å². The number of benzene rings is 1. The van der Waals surface area contributed by atoms with Crippen molar-refractivity contribution in [2.24, 2.45) is 0 Å². The maximum atomic E-state index is 13.1. The average molecular weight is 390 g/mol. The van der Waals surface area contributed by atoms with Crippen LogP contribution in [0.4, 0.5) is 4.39 Å². The van der Waals surface area contributed by atoms with Crippen molar-refractivity contribution in [3.63, 3.8) is 0 Å². The van der Waals surface area contributed by atoms with Gasteiger partial charge in [0.2, 0.25) is 5.89 Å². The highest BCUT2D eigenvalue weighted by Crippen LogP contribution is 2.25. The number of halogens is 2. The second-order valence-electron chi connectivity index (χ2n) is 5.66. The second-order valence-corrected chi connectivity index (χ2v) is 6.07. The lowest BCUT2D eigenvalue weighted by atomic mass is 10.2. The topological polar surface area (TPSA) is 68.5 Å². The molecule has 1 aromatic carbocycles. The van der Waals surface area contributed by atoms with Gasteiger partial charge in [-0.25, -0.2) is 9.37 Å². The van der Waals surface area contributed by atoms with E-state index in [1.165, 1.54) is 18.4 Å². The van der Waals surface area contributed by atoms with Crippen LogP contribution in [0, 0.1) is 5.82 Å². The number of rotatable bonds is 7. The molecule has 0 fully saturated rings. The minimum Gasteiger partial charge on any atom is -0.482 e. The molecule has 0 aliphatic carbocycles. The molecule has 0 aliphatic rings. The van der Waals surface area contributed by atoms with Gasteiger partial charge in [0, 0.05) is 25.5 Å². The Morgan fingerprint density at radius 1 is 1.30 bits per heavy atom. The first-order chi connectivity index (χ1) is 13.1. The van der Waals surface area contributed by atoms with E-state index in [0.717, 1.165) is 11.6 Å². The zero-order chi connectivity index (χ0) is 19.2. The molecule has 6 nitrogen and oxygen atoms in total. The molecule has 8 heteroatoms. The lowest BCUT2D eigenvalue weighted by molar-refractivity contribution is 0.0746. The summed E-state index contributed by atoms with van der Waals surface area (Å²) in [4.78, 5) is 22.4. The highest BCUT2D eigenvalue weighted by atomic mass is 35.5. The predicted molar refractivity (Wildman–Crippen MR) is 96.9 cm³/mol. The molecule has 140 valence electrons. The van der Waals surface area contributed by atoms with Crippen LogP contribution in [0.5, 0.6) is 5.75 Å². The molecule has 2 aromatic heterocycles. The van der Waals surface area contributed by atoms with Crippen LogP contribution in [0.3, 0.4) is 0 Å². The van der Waals surface area contributed by atoms with E-state index >= 15 is 0 Å². The molecule has 0 spiro atoms. The first-order valence-corrected chi connectivity index (χ1v) is 8.65. The Morgan fingerprint density at radius 2 is 2.07 bits per heavy atom. The number of pyridine rings is 1. The Hall–Kier alpha value is -2.93. The van der Waals surface area contributed by atoms with Crippen molar-refractivity contribution in [1.29, 1.82) is 0 Å². The maximum absolute atomic E-state index is 13.1. The van der Waals surface area contributed by atoms with Crippen LogP contribution in [0.1, 0.15) is 28.9 Å². The van der Waals surface area contributed by atoms with Crippen molar-refractivity contribution in [1.82, 2.24) is 14.9 Å². The van der Waals surface area contributed by atoms with E-state index in [1.807, 2.05) is 19.1 Å². The maximum Gasteiger partial charge on any atom is 0.276 e. The van der Waals surface area contributed by atoms with Gasteiger partial charge in [0.15, 0.2) is 12.3 Å². The first kappa shape index (κ1) is 18.8. The molecule has 3 rings (SSSR count). The number of hydrogen-bond donors (Lipinski definition) is 0. The van der Waals surface area contributed by atoms with Gasteiger partial charge in [-0.15, -0.1) is 0 Å². The molecular formula is C19H17ClFN3O3. The molecule has 0 aliphatic heterocycles. The summed E-state index contributed by atoms with van der Waals surface area (Å²) in [6, 6.07) is 7.51. The molecule has 0 atom stereocenters. The molecule has 0 radical (unpaired) electrons. The van der Waals surface area contributed by atoms with Gasteiger partial charge >= 0.3 is 0 Å². The van der Waals surface area contributed by atoms with Crippen molar-refractivity contribution in [3.8, 4) is 5.75 Å². The van der Waals surface area contributed by atoms with E-state index in [4.69, 9.17) is 20.8 Å². The molecule has 0 saturated heterocycles. The summed E-state index contributed by atoms with van der Waals surface area (Å²) in [7, 11) is 0. The normalized spacial score (nSPS) is 10.6. The summed E-state index contributed by atoms with van der Waals surface area (Å²) in [6.07, 6.45) is 4.65. The molecule has 2 heterocycles. The zero-order valence-corrected chi connectivity index (χ0v) is 15.3. The fourth-order valence-corrected chi connectivity index (χ4v) is 2.63. The van der Waals surface area contributed by atoms with Crippen molar-refractivity contribution >= 4 is 17.5 Å². The summed E-state index contributed by atoms with van der Waals surface area (Å²) >= 11 is 5.91. The molecule has 0 N–H and O–H groups in total. The van der Waals surface area contributed by atoms with Gasteiger partial charge < -0.3 is 14.1 Å². The van der Waals surface area contributed by atoms with Crippen molar-refractivity contribution in [2.75, 3.05) is 6.54 Å². The van der Waals surface area contributed by atoms with Crippen LogP contribution >= 0.6 is 11.6 Å². The van der Waals surface area contributed by atoms with Crippen LogP contribution in [-0.4, -0.2) is 27.3 Å². The second kappa shape index (κ2) is 8.64. The lowest BCUT2D eigenvalue weighted by Gasteiger charge is -2.19. The van der Waals surface area contributed by atoms with Crippen molar-refractivity contribution in [2.45, 2.75) is 20.1 Å². The molecular weight excluding hydrogens is 373 g/mol. The van der Waals surface area contributed by atoms with Gasteiger partial charge in [-0.05, 0) is 42.8 Å². The predicted octanol–water partition coefficient (Wildman–Crippen LogP) is 4.10. The molecule has 3 aromatic rings. The Morgan fingerprint density at radius 3 is 2.78 bits per heavy atom. The van der Waals surface area contributed by atoms with Gasteiger partial charge in [-0.1, -0.05) is 11.6 Å². The first-order valence-electron chi connectivity index (χ1n) is 8.27. The average Bonchev–Trinajstić information content (AvgIpc) is 3.15. The van der Waals surface area contributed by atoms with Gasteiger partial charge in [0.05, 0.1) is 5.02 Å². The zero-order valence-electron chi connectivity index (χ0n) is 14.6. The molecule has 0 bridgehead atoms. The van der Waals surface area contributed by atoms with E-state index < -0.39 is 5.82 Å². The van der Waals surface area contributed by atoms with Crippen molar-refractivity contribution < 1.29 is 18.3 Å². The smallest absolute Gasteiger partial charge is 0.276 e. The van der Waals surface area contributed by atoms with Crippen LogP contribution in [0.15, 0.2) is 53.4 Å². The Balaban J connectivity index is 1.64. The van der Waals surface area contributed by atoms with Crippen LogP contribution in [0.25, 0.3) is 0 Å².